The van der Waals surface area contributed by atoms with Gasteiger partial charge in [0.05, 0.1) is 11.1 Å². The molecule has 0 bridgehead atoms. The Kier molecular flexibility index (Phi) is 5.56. The summed E-state index contributed by atoms with van der Waals surface area (Å²) in [5.74, 6) is -0.353. The van der Waals surface area contributed by atoms with Gasteiger partial charge in [0.25, 0.3) is 5.56 Å². The summed E-state index contributed by atoms with van der Waals surface area (Å²) in [6.07, 6.45) is 0. The van der Waals surface area contributed by atoms with E-state index >= 15 is 0 Å². The van der Waals surface area contributed by atoms with Crippen LogP contribution in [0.3, 0.4) is 0 Å². The Labute approximate surface area is 187 Å². The predicted molar refractivity (Wildman–Crippen MR) is 126 cm³/mol. The van der Waals surface area contributed by atoms with Crippen molar-refractivity contribution in [3.8, 4) is 5.69 Å². The first-order valence-corrected chi connectivity index (χ1v) is 10.8. The SMILES string of the molecule is Cc1cccc(NC(=O)Cn2c(=O)n(-c3cccc(Cl)c3)c(=O)c3c(C)c(C)sc32)c1. The molecule has 1 amide bonds. The number of carbonyl (C=O) groups is 1. The number of thiophene rings is 1. The maximum absolute atomic E-state index is 13.4. The summed E-state index contributed by atoms with van der Waals surface area (Å²) in [4.78, 5) is 40.9. The quantitative estimate of drug-likeness (QED) is 0.496. The molecule has 158 valence electrons. The number of hydrogen-bond donors (Lipinski definition) is 1. The number of hydrogen-bond acceptors (Lipinski definition) is 4. The monoisotopic (exact) mass is 453 g/mol. The van der Waals surface area contributed by atoms with E-state index in [4.69, 9.17) is 11.6 Å². The standard InChI is InChI=1S/C23H20ClN3O3S/c1-13-6-4-8-17(10-13)25-19(28)12-26-22-20(14(2)15(3)31-22)21(29)27(23(26)30)18-9-5-7-16(24)11-18/h4-11H,12H2,1-3H3,(H,25,28). The highest BCUT2D eigenvalue weighted by atomic mass is 35.5. The van der Waals surface area contributed by atoms with E-state index in [0.29, 0.717) is 26.6 Å². The molecule has 2 aromatic heterocycles. The molecular formula is C23H20ClN3O3S. The zero-order valence-corrected chi connectivity index (χ0v) is 18.8. The van der Waals surface area contributed by atoms with Gasteiger partial charge in [0.2, 0.25) is 5.91 Å². The molecule has 4 rings (SSSR count). The minimum atomic E-state index is -0.583. The highest BCUT2D eigenvalue weighted by Crippen LogP contribution is 2.27. The average molecular weight is 454 g/mol. The van der Waals surface area contributed by atoms with E-state index in [2.05, 4.69) is 5.32 Å². The molecule has 0 aliphatic carbocycles. The first kappa shape index (κ1) is 21.1. The molecule has 0 saturated carbocycles. The maximum Gasteiger partial charge on any atom is 0.337 e. The van der Waals surface area contributed by atoms with Crippen molar-refractivity contribution < 1.29 is 4.79 Å². The van der Waals surface area contributed by atoms with Gasteiger partial charge in [0.15, 0.2) is 0 Å². The van der Waals surface area contributed by atoms with E-state index in [0.717, 1.165) is 20.6 Å². The van der Waals surface area contributed by atoms with E-state index < -0.39 is 11.2 Å². The summed E-state index contributed by atoms with van der Waals surface area (Å²) in [7, 11) is 0. The number of fused-ring (bicyclic) bond motifs is 1. The van der Waals surface area contributed by atoms with E-state index in [1.807, 2.05) is 39.0 Å². The molecule has 0 radical (unpaired) electrons. The third kappa shape index (κ3) is 3.94. The van der Waals surface area contributed by atoms with Crippen molar-refractivity contribution in [2.24, 2.45) is 0 Å². The van der Waals surface area contributed by atoms with Gasteiger partial charge in [0, 0.05) is 15.6 Å². The maximum atomic E-state index is 13.4. The van der Waals surface area contributed by atoms with E-state index in [1.54, 1.807) is 30.3 Å². The van der Waals surface area contributed by atoms with Crippen molar-refractivity contribution in [3.63, 3.8) is 0 Å². The zero-order chi connectivity index (χ0) is 22.3. The number of benzene rings is 2. The number of rotatable bonds is 4. The van der Waals surface area contributed by atoms with Gasteiger partial charge < -0.3 is 5.32 Å². The molecule has 0 spiro atoms. The Morgan fingerprint density at radius 2 is 1.81 bits per heavy atom. The number of amides is 1. The van der Waals surface area contributed by atoms with Crippen LogP contribution in [0.4, 0.5) is 5.69 Å². The average Bonchev–Trinajstić information content (AvgIpc) is 3.00. The van der Waals surface area contributed by atoms with Crippen molar-refractivity contribution in [2.75, 3.05) is 5.32 Å². The van der Waals surface area contributed by atoms with Gasteiger partial charge in [-0.3, -0.25) is 14.2 Å². The Morgan fingerprint density at radius 1 is 1.06 bits per heavy atom. The minimum Gasteiger partial charge on any atom is -0.325 e. The van der Waals surface area contributed by atoms with Crippen LogP contribution in [0.5, 0.6) is 0 Å². The number of carbonyl (C=O) groups excluding carboxylic acids is 1. The third-order valence-electron chi connectivity index (χ3n) is 5.12. The van der Waals surface area contributed by atoms with Crippen molar-refractivity contribution in [2.45, 2.75) is 27.3 Å². The van der Waals surface area contributed by atoms with Crippen LogP contribution in [0.2, 0.25) is 5.02 Å². The Balaban J connectivity index is 1.88. The van der Waals surface area contributed by atoms with Gasteiger partial charge >= 0.3 is 5.69 Å². The first-order valence-electron chi connectivity index (χ1n) is 9.64. The molecule has 8 heteroatoms. The summed E-state index contributed by atoms with van der Waals surface area (Å²) in [6, 6.07) is 14.0. The highest BCUT2D eigenvalue weighted by Gasteiger charge is 2.21. The van der Waals surface area contributed by atoms with Crippen molar-refractivity contribution >= 4 is 44.7 Å². The van der Waals surface area contributed by atoms with Crippen LogP contribution in [-0.2, 0) is 11.3 Å². The van der Waals surface area contributed by atoms with E-state index in [9.17, 15) is 14.4 Å². The van der Waals surface area contributed by atoms with E-state index in [1.165, 1.54) is 15.9 Å². The predicted octanol–water partition coefficient (Wildman–Crippen LogP) is 4.43. The van der Waals surface area contributed by atoms with Crippen LogP contribution in [0.25, 0.3) is 15.9 Å². The fourth-order valence-corrected chi connectivity index (χ4v) is 4.83. The Bertz CT molecular complexity index is 1450. The van der Waals surface area contributed by atoms with Gasteiger partial charge in [-0.2, -0.15) is 0 Å². The van der Waals surface area contributed by atoms with Gasteiger partial charge in [-0.25, -0.2) is 9.36 Å². The lowest BCUT2D eigenvalue weighted by Crippen LogP contribution is -2.40. The van der Waals surface area contributed by atoms with Crippen LogP contribution >= 0.6 is 22.9 Å². The summed E-state index contributed by atoms with van der Waals surface area (Å²) in [5.41, 5.74) is 1.82. The molecule has 4 aromatic rings. The third-order valence-corrected chi connectivity index (χ3v) is 6.59. The van der Waals surface area contributed by atoms with Crippen LogP contribution in [0.15, 0.2) is 58.1 Å². The van der Waals surface area contributed by atoms with Crippen LogP contribution < -0.4 is 16.6 Å². The number of halogens is 1. The largest absolute Gasteiger partial charge is 0.337 e. The van der Waals surface area contributed by atoms with Crippen molar-refractivity contribution in [3.05, 3.63) is 90.4 Å². The zero-order valence-electron chi connectivity index (χ0n) is 17.2. The van der Waals surface area contributed by atoms with Crippen molar-refractivity contribution in [1.82, 2.24) is 9.13 Å². The van der Waals surface area contributed by atoms with Gasteiger partial charge in [-0.1, -0.05) is 29.8 Å². The normalized spacial score (nSPS) is 11.1. The van der Waals surface area contributed by atoms with Gasteiger partial charge in [0.1, 0.15) is 11.4 Å². The molecule has 6 nitrogen and oxygen atoms in total. The lowest BCUT2D eigenvalue weighted by atomic mass is 10.2. The van der Waals surface area contributed by atoms with Crippen LogP contribution in [0.1, 0.15) is 16.0 Å². The molecule has 0 unspecified atom stereocenters. The molecule has 2 heterocycles. The number of nitrogens with one attached hydrogen (secondary N) is 1. The second-order valence-corrected chi connectivity index (χ2v) is 9.01. The minimum absolute atomic E-state index is 0.219. The number of anilines is 1. The highest BCUT2D eigenvalue weighted by molar-refractivity contribution is 7.18. The summed E-state index contributed by atoms with van der Waals surface area (Å²) < 4.78 is 2.43. The lowest BCUT2D eigenvalue weighted by molar-refractivity contribution is -0.116. The number of nitrogens with zero attached hydrogens (tertiary/aromatic N) is 2. The first-order chi connectivity index (χ1) is 14.8. The molecular weight excluding hydrogens is 434 g/mol. The molecule has 2 aromatic carbocycles. The Hall–Kier alpha value is -3.16. The fourth-order valence-electron chi connectivity index (χ4n) is 3.51. The van der Waals surface area contributed by atoms with Crippen molar-refractivity contribution in [1.29, 1.82) is 0 Å². The summed E-state index contributed by atoms with van der Waals surface area (Å²) >= 11 is 7.43. The smallest absolute Gasteiger partial charge is 0.325 e. The molecule has 0 aliphatic heterocycles. The molecule has 0 fully saturated rings. The molecule has 0 aliphatic rings. The second kappa shape index (κ2) is 8.17. The van der Waals surface area contributed by atoms with Crippen LogP contribution in [-0.4, -0.2) is 15.0 Å². The fraction of sp³-hybridized carbons (Fsp3) is 0.174. The van der Waals surface area contributed by atoms with Gasteiger partial charge in [-0.15, -0.1) is 11.3 Å². The lowest BCUT2D eigenvalue weighted by Gasteiger charge is -2.13. The number of aromatic nitrogens is 2. The van der Waals surface area contributed by atoms with Gasteiger partial charge in [-0.05, 0) is 62.2 Å². The second-order valence-electron chi connectivity index (χ2n) is 7.37. The number of aryl methyl sites for hydroxylation is 3. The molecule has 0 saturated heterocycles. The Morgan fingerprint density at radius 3 is 2.52 bits per heavy atom. The summed E-state index contributed by atoms with van der Waals surface area (Å²) in [5, 5.41) is 3.67. The summed E-state index contributed by atoms with van der Waals surface area (Å²) in [6.45, 7) is 5.45. The topological polar surface area (TPSA) is 73.1 Å². The molecule has 0 atom stereocenters. The van der Waals surface area contributed by atoms with Crippen LogP contribution in [0, 0.1) is 20.8 Å². The van der Waals surface area contributed by atoms with E-state index in [-0.39, 0.29) is 12.5 Å². The molecule has 1 N–H and O–H groups in total. The molecule has 31 heavy (non-hydrogen) atoms.